The van der Waals surface area contributed by atoms with Crippen molar-refractivity contribution in [3.05, 3.63) is 0 Å². The van der Waals surface area contributed by atoms with Crippen LogP contribution in [-0.2, 0) is 0 Å². The summed E-state index contributed by atoms with van der Waals surface area (Å²) in [6, 6.07) is 0. The summed E-state index contributed by atoms with van der Waals surface area (Å²) in [7, 11) is 0. The first kappa shape index (κ1) is 12.5. The molecule has 4 saturated heterocycles. The maximum Gasteiger partial charge on any atom is 0.104 e. The van der Waals surface area contributed by atoms with Gasteiger partial charge in [-0.2, -0.15) is 0 Å². The van der Waals surface area contributed by atoms with Gasteiger partial charge in [0.05, 0.1) is 6.10 Å². The van der Waals surface area contributed by atoms with Gasteiger partial charge in [-0.05, 0) is 20.3 Å². The third-order valence-electron chi connectivity index (χ3n) is 6.36. The van der Waals surface area contributed by atoms with E-state index in [9.17, 15) is 5.11 Å². The molecule has 0 aromatic rings. The molecule has 4 aliphatic heterocycles. The highest BCUT2D eigenvalue weighted by atomic mass is 16.3. The average Bonchev–Trinajstić information content (AvgIpc) is 2.37. The van der Waals surface area contributed by atoms with Crippen LogP contribution in [0.1, 0.15) is 20.3 Å². The summed E-state index contributed by atoms with van der Waals surface area (Å²) in [5, 5.41) is 10.2. The molecule has 0 unspecified atom stereocenters. The van der Waals surface area contributed by atoms with E-state index in [4.69, 9.17) is 0 Å². The van der Waals surface area contributed by atoms with Crippen LogP contribution in [0.15, 0.2) is 0 Å². The second-order valence-corrected chi connectivity index (χ2v) is 6.92. The fourth-order valence-electron chi connectivity index (χ4n) is 5.17. The number of piperazine rings is 2. The number of nitrogens with zero attached hydrogens (tertiary/aromatic N) is 4. The minimum Gasteiger partial charge on any atom is -0.390 e. The Morgan fingerprint density at radius 3 is 1.68 bits per heavy atom. The van der Waals surface area contributed by atoms with Gasteiger partial charge in [0.25, 0.3) is 0 Å². The topological polar surface area (TPSA) is 33.2 Å². The molecule has 0 bridgehead atoms. The van der Waals surface area contributed by atoms with Gasteiger partial charge < -0.3 is 5.11 Å². The monoisotopic (exact) mass is 266 g/mol. The van der Waals surface area contributed by atoms with Gasteiger partial charge in [0.15, 0.2) is 0 Å². The van der Waals surface area contributed by atoms with E-state index in [-0.39, 0.29) is 17.4 Å². The lowest BCUT2D eigenvalue weighted by atomic mass is 9.80. The van der Waals surface area contributed by atoms with Crippen molar-refractivity contribution >= 4 is 0 Å². The maximum absolute atomic E-state index is 10.2. The van der Waals surface area contributed by atoms with Crippen LogP contribution in [0.25, 0.3) is 0 Å². The average molecular weight is 266 g/mol. The van der Waals surface area contributed by atoms with Gasteiger partial charge in [0, 0.05) is 52.4 Å². The fraction of sp³-hybridized carbons (Fsp3) is 1.00. The van der Waals surface area contributed by atoms with Crippen LogP contribution in [0.3, 0.4) is 0 Å². The molecule has 19 heavy (non-hydrogen) atoms. The molecule has 0 aromatic heterocycles. The van der Waals surface area contributed by atoms with Crippen molar-refractivity contribution < 1.29 is 5.11 Å². The van der Waals surface area contributed by atoms with Gasteiger partial charge >= 0.3 is 0 Å². The van der Waals surface area contributed by atoms with Crippen LogP contribution in [0, 0.1) is 0 Å². The largest absolute Gasteiger partial charge is 0.390 e. The van der Waals surface area contributed by atoms with E-state index in [1.807, 2.05) is 0 Å². The molecule has 5 nitrogen and oxygen atoms in total. The molecule has 5 heteroatoms. The van der Waals surface area contributed by atoms with E-state index in [2.05, 4.69) is 33.4 Å². The lowest BCUT2D eigenvalue weighted by Crippen LogP contribution is -2.90. The first-order chi connectivity index (χ1) is 9.06. The quantitative estimate of drug-likeness (QED) is 0.635. The Hall–Kier alpha value is -0.200. The fourth-order valence-corrected chi connectivity index (χ4v) is 5.17. The summed E-state index contributed by atoms with van der Waals surface area (Å²) in [6.07, 6.45) is 1.12. The Labute approximate surface area is 115 Å². The van der Waals surface area contributed by atoms with Gasteiger partial charge in [-0.3, -0.25) is 19.6 Å². The van der Waals surface area contributed by atoms with Gasteiger partial charge in [-0.15, -0.1) is 0 Å². The summed E-state index contributed by atoms with van der Waals surface area (Å²) >= 11 is 0. The van der Waals surface area contributed by atoms with Crippen LogP contribution < -0.4 is 0 Å². The van der Waals surface area contributed by atoms with Crippen LogP contribution in [0.4, 0.5) is 0 Å². The van der Waals surface area contributed by atoms with Crippen molar-refractivity contribution in [2.75, 3.05) is 52.4 Å². The molecule has 0 atom stereocenters. The minimum atomic E-state index is -0.182. The van der Waals surface area contributed by atoms with Gasteiger partial charge in [0.2, 0.25) is 0 Å². The van der Waals surface area contributed by atoms with Crippen molar-refractivity contribution in [2.24, 2.45) is 0 Å². The van der Waals surface area contributed by atoms with Crippen molar-refractivity contribution in [2.45, 2.75) is 37.7 Å². The first-order valence-corrected chi connectivity index (χ1v) is 7.75. The summed E-state index contributed by atoms with van der Waals surface area (Å²) < 4.78 is 0. The van der Waals surface area contributed by atoms with E-state index >= 15 is 0 Å². The normalized spacial score (nSPS) is 49.1. The Kier molecular flexibility index (Phi) is 2.59. The highest BCUT2D eigenvalue weighted by Gasteiger charge is 2.64. The zero-order valence-corrected chi connectivity index (χ0v) is 12.2. The molecule has 4 fully saturated rings. The van der Waals surface area contributed by atoms with Crippen LogP contribution in [-0.4, -0.2) is 94.5 Å². The van der Waals surface area contributed by atoms with Crippen molar-refractivity contribution in [3.8, 4) is 0 Å². The minimum absolute atomic E-state index is 0.0587. The Balaban J connectivity index is 1.80. The van der Waals surface area contributed by atoms with Crippen LogP contribution >= 0.6 is 0 Å². The lowest BCUT2D eigenvalue weighted by Gasteiger charge is -2.73. The number of aliphatic hydroxyl groups is 1. The molecule has 0 amide bonds. The Morgan fingerprint density at radius 1 is 0.737 bits per heavy atom. The Morgan fingerprint density at radius 2 is 1.16 bits per heavy atom. The highest BCUT2D eigenvalue weighted by Crippen LogP contribution is 2.47. The number of hydrogen-bond donors (Lipinski definition) is 1. The van der Waals surface area contributed by atoms with Crippen LogP contribution in [0.2, 0.25) is 0 Å². The van der Waals surface area contributed by atoms with Gasteiger partial charge in [0.1, 0.15) is 11.3 Å². The number of rotatable bonds is 0. The number of aliphatic hydroxyl groups excluding tert-OH is 1. The van der Waals surface area contributed by atoms with Crippen molar-refractivity contribution in [1.82, 2.24) is 19.6 Å². The standard InChI is InChI=1S/C14H26N4O/c1-13-14(2)17-8-6-15(13)4-3-5-16(13)7-9-18(14)11-12(19)10-17/h12,19H,3-11H2,1-2H3/t12?,13-,14+. The third kappa shape index (κ3) is 1.38. The molecular weight excluding hydrogens is 240 g/mol. The molecule has 4 heterocycles. The summed E-state index contributed by atoms with van der Waals surface area (Å²) in [4.78, 5) is 10.5. The lowest BCUT2D eigenvalue weighted by molar-refractivity contribution is -0.295. The molecule has 0 spiro atoms. The SMILES string of the molecule is C[C@]12N3CCCN1CCN1CC(O)CN(CC3)[C@]12C. The van der Waals surface area contributed by atoms with Crippen molar-refractivity contribution in [3.63, 3.8) is 0 Å². The van der Waals surface area contributed by atoms with E-state index in [1.165, 1.54) is 19.5 Å². The second-order valence-electron chi connectivity index (χ2n) is 6.92. The molecule has 0 aromatic carbocycles. The number of hydrogen-bond acceptors (Lipinski definition) is 5. The molecule has 0 aliphatic carbocycles. The van der Waals surface area contributed by atoms with E-state index < -0.39 is 0 Å². The van der Waals surface area contributed by atoms with E-state index in [0.29, 0.717) is 0 Å². The molecule has 0 saturated carbocycles. The molecular formula is C14H26N4O. The molecule has 4 aliphatic rings. The predicted molar refractivity (Wildman–Crippen MR) is 73.7 cm³/mol. The Bertz CT molecular complexity index is 362. The first-order valence-electron chi connectivity index (χ1n) is 7.75. The summed E-state index contributed by atoms with van der Waals surface area (Å²) in [5.74, 6) is 0. The third-order valence-corrected chi connectivity index (χ3v) is 6.36. The molecule has 108 valence electrons. The van der Waals surface area contributed by atoms with Gasteiger partial charge in [-0.25, -0.2) is 0 Å². The van der Waals surface area contributed by atoms with E-state index in [0.717, 1.165) is 39.3 Å². The highest BCUT2D eigenvalue weighted by molar-refractivity contribution is 5.15. The second kappa shape index (κ2) is 3.92. The zero-order chi connectivity index (χ0) is 13.3. The summed E-state index contributed by atoms with van der Waals surface area (Å²) in [6.45, 7) is 13.4. The zero-order valence-electron chi connectivity index (χ0n) is 12.2. The maximum atomic E-state index is 10.2. The summed E-state index contributed by atoms with van der Waals surface area (Å²) in [5.41, 5.74) is 0.172. The molecule has 1 N–H and O–H groups in total. The van der Waals surface area contributed by atoms with Crippen molar-refractivity contribution in [1.29, 1.82) is 0 Å². The molecule has 0 radical (unpaired) electrons. The van der Waals surface area contributed by atoms with Crippen LogP contribution in [0.5, 0.6) is 0 Å². The predicted octanol–water partition coefficient (Wildman–Crippen LogP) is -0.568. The van der Waals surface area contributed by atoms with Gasteiger partial charge in [-0.1, -0.05) is 0 Å². The smallest absolute Gasteiger partial charge is 0.104 e. The molecule has 4 rings (SSSR count). The van der Waals surface area contributed by atoms with E-state index in [1.54, 1.807) is 0 Å².